The Hall–Kier alpha value is -2.08. The molecule has 1 aliphatic rings. The molecule has 0 aliphatic carbocycles. The molecule has 0 spiro atoms. The molecular formula is C19H30N6. The molecule has 6 heteroatoms. The van der Waals surface area contributed by atoms with Gasteiger partial charge >= 0.3 is 0 Å². The van der Waals surface area contributed by atoms with Gasteiger partial charge in [0.15, 0.2) is 5.96 Å². The van der Waals surface area contributed by atoms with E-state index in [0.29, 0.717) is 12.6 Å². The maximum atomic E-state index is 4.72. The highest BCUT2D eigenvalue weighted by Crippen LogP contribution is 2.15. The van der Waals surface area contributed by atoms with Crippen LogP contribution in [0, 0.1) is 6.92 Å². The summed E-state index contributed by atoms with van der Waals surface area (Å²) in [5.41, 5.74) is 3.15. The maximum Gasteiger partial charge on any atom is 0.191 e. The van der Waals surface area contributed by atoms with Gasteiger partial charge in [0.05, 0.1) is 12.2 Å². The maximum absolute atomic E-state index is 4.72. The number of likely N-dealkylation sites (tertiary alicyclic amines) is 1. The molecule has 1 unspecified atom stereocenters. The zero-order chi connectivity index (χ0) is 17.6. The first-order valence-electron chi connectivity index (χ1n) is 9.41. The molecule has 0 saturated carbocycles. The number of imidazole rings is 1. The predicted molar refractivity (Wildman–Crippen MR) is 103 cm³/mol. The lowest BCUT2D eigenvalue weighted by atomic mass is 10.2. The van der Waals surface area contributed by atoms with Gasteiger partial charge in [0.1, 0.15) is 5.65 Å². The van der Waals surface area contributed by atoms with Crippen LogP contribution in [-0.4, -0.2) is 52.5 Å². The van der Waals surface area contributed by atoms with E-state index < -0.39 is 0 Å². The minimum absolute atomic E-state index is 0.582. The van der Waals surface area contributed by atoms with Crippen molar-refractivity contribution in [3.8, 4) is 0 Å². The number of aromatic nitrogens is 2. The molecule has 25 heavy (non-hydrogen) atoms. The first-order chi connectivity index (χ1) is 12.2. The van der Waals surface area contributed by atoms with Crippen molar-refractivity contribution in [3.05, 3.63) is 35.8 Å². The Kier molecular flexibility index (Phi) is 5.91. The summed E-state index contributed by atoms with van der Waals surface area (Å²) in [7, 11) is 0. The molecule has 0 radical (unpaired) electrons. The van der Waals surface area contributed by atoms with E-state index >= 15 is 0 Å². The molecule has 3 heterocycles. The van der Waals surface area contributed by atoms with E-state index in [1.54, 1.807) is 0 Å². The van der Waals surface area contributed by atoms with Gasteiger partial charge in [0.2, 0.25) is 0 Å². The van der Waals surface area contributed by atoms with E-state index in [1.807, 2.05) is 12.1 Å². The first-order valence-corrected chi connectivity index (χ1v) is 9.41. The van der Waals surface area contributed by atoms with Gasteiger partial charge in [-0.05, 0) is 51.9 Å². The summed E-state index contributed by atoms with van der Waals surface area (Å²) in [6.07, 6.45) is 4.65. The molecule has 1 aliphatic heterocycles. The Bertz CT molecular complexity index is 720. The topological polar surface area (TPSA) is 57.0 Å². The van der Waals surface area contributed by atoms with Crippen LogP contribution in [0.25, 0.3) is 5.65 Å². The Balaban J connectivity index is 1.63. The van der Waals surface area contributed by atoms with Gasteiger partial charge in [0.25, 0.3) is 0 Å². The number of aliphatic imine (C=N–C) groups is 1. The van der Waals surface area contributed by atoms with Crippen molar-refractivity contribution in [3.63, 3.8) is 0 Å². The summed E-state index contributed by atoms with van der Waals surface area (Å²) in [5.74, 6) is 0.874. The lowest BCUT2D eigenvalue weighted by Crippen LogP contribution is -2.44. The smallest absolute Gasteiger partial charge is 0.191 e. The molecule has 3 rings (SSSR count). The van der Waals surface area contributed by atoms with E-state index in [4.69, 9.17) is 4.99 Å². The third-order valence-corrected chi connectivity index (χ3v) is 4.90. The number of hydrogen-bond acceptors (Lipinski definition) is 3. The van der Waals surface area contributed by atoms with Gasteiger partial charge in [-0.1, -0.05) is 13.0 Å². The molecule has 1 saturated heterocycles. The molecule has 2 N–H and O–H groups in total. The number of nitrogens with one attached hydrogen (secondary N) is 2. The first kappa shape index (κ1) is 17.7. The minimum atomic E-state index is 0.582. The molecule has 0 bridgehead atoms. The molecular weight excluding hydrogens is 312 g/mol. The number of nitrogens with zero attached hydrogens (tertiary/aromatic N) is 4. The van der Waals surface area contributed by atoms with Crippen LogP contribution in [0.5, 0.6) is 0 Å². The highest BCUT2D eigenvalue weighted by molar-refractivity contribution is 5.79. The minimum Gasteiger partial charge on any atom is -0.357 e. The Morgan fingerprint density at radius 2 is 2.20 bits per heavy atom. The van der Waals surface area contributed by atoms with Crippen LogP contribution in [0.2, 0.25) is 0 Å². The van der Waals surface area contributed by atoms with Crippen molar-refractivity contribution in [1.82, 2.24) is 24.9 Å². The van der Waals surface area contributed by atoms with Crippen LogP contribution < -0.4 is 10.6 Å². The SMILES string of the molecule is CCNC(=NCc1cn2c(C)cccc2n1)NCC1CCCN1CC. The Morgan fingerprint density at radius 3 is 2.96 bits per heavy atom. The summed E-state index contributed by atoms with van der Waals surface area (Å²) in [6.45, 7) is 11.2. The quantitative estimate of drug-likeness (QED) is 0.624. The summed E-state index contributed by atoms with van der Waals surface area (Å²) < 4.78 is 2.11. The Labute approximate surface area is 150 Å². The highest BCUT2D eigenvalue weighted by Gasteiger charge is 2.22. The number of likely N-dealkylation sites (N-methyl/N-ethyl adjacent to an activating group) is 1. The van der Waals surface area contributed by atoms with Crippen molar-refractivity contribution in [2.24, 2.45) is 4.99 Å². The van der Waals surface area contributed by atoms with Crippen molar-refractivity contribution < 1.29 is 0 Å². The molecule has 6 nitrogen and oxygen atoms in total. The number of hydrogen-bond donors (Lipinski definition) is 2. The highest BCUT2D eigenvalue weighted by atomic mass is 15.2. The van der Waals surface area contributed by atoms with Gasteiger partial charge in [-0.3, -0.25) is 4.90 Å². The van der Waals surface area contributed by atoms with Gasteiger partial charge in [-0.2, -0.15) is 0 Å². The van der Waals surface area contributed by atoms with Gasteiger partial charge in [-0.15, -0.1) is 0 Å². The van der Waals surface area contributed by atoms with Gasteiger partial charge in [-0.25, -0.2) is 9.98 Å². The van der Waals surface area contributed by atoms with Crippen LogP contribution in [0.1, 0.15) is 38.1 Å². The van der Waals surface area contributed by atoms with E-state index in [9.17, 15) is 0 Å². The second kappa shape index (κ2) is 8.34. The van der Waals surface area contributed by atoms with Crippen molar-refractivity contribution >= 4 is 11.6 Å². The van der Waals surface area contributed by atoms with Gasteiger partial charge < -0.3 is 15.0 Å². The lowest BCUT2D eigenvalue weighted by molar-refractivity contribution is 0.267. The zero-order valence-electron chi connectivity index (χ0n) is 15.6. The van der Waals surface area contributed by atoms with E-state index in [1.165, 1.54) is 25.1 Å². The van der Waals surface area contributed by atoms with E-state index in [2.05, 4.69) is 58.0 Å². The van der Waals surface area contributed by atoms with Crippen LogP contribution >= 0.6 is 0 Å². The fraction of sp³-hybridized carbons (Fsp3) is 0.579. The Morgan fingerprint density at radius 1 is 1.32 bits per heavy atom. The largest absolute Gasteiger partial charge is 0.357 e. The monoisotopic (exact) mass is 342 g/mol. The number of fused-ring (bicyclic) bond motifs is 1. The fourth-order valence-corrected chi connectivity index (χ4v) is 3.53. The van der Waals surface area contributed by atoms with Crippen molar-refractivity contribution in [2.45, 2.75) is 46.2 Å². The molecule has 2 aromatic rings. The second-order valence-electron chi connectivity index (χ2n) is 6.63. The second-order valence-corrected chi connectivity index (χ2v) is 6.63. The van der Waals surface area contributed by atoms with Crippen molar-refractivity contribution in [2.75, 3.05) is 26.2 Å². The predicted octanol–water partition coefficient (Wildman–Crippen LogP) is 2.18. The summed E-state index contributed by atoms with van der Waals surface area (Å²) in [5, 5.41) is 6.85. The normalized spacial score (nSPS) is 18.8. The third kappa shape index (κ3) is 4.31. The molecule has 2 aromatic heterocycles. The summed E-state index contributed by atoms with van der Waals surface area (Å²) >= 11 is 0. The molecule has 1 atom stereocenters. The molecule has 1 fully saturated rings. The average molecular weight is 342 g/mol. The molecule has 0 aromatic carbocycles. The van der Waals surface area contributed by atoms with Crippen LogP contribution in [-0.2, 0) is 6.54 Å². The number of rotatable bonds is 6. The molecule has 0 amide bonds. The average Bonchev–Trinajstić information content (AvgIpc) is 3.24. The van der Waals surface area contributed by atoms with Gasteiger partial charge in [0, 0.05) is 31.0 Å². The van der Waals surface area contributed by atoms with Crippen molar-refractivity contribution in [1.29, 1.82) is 0 Å². The lowest BCUT2D eigenvalue weighted by Gasteiger charge is -2.23. The van der Waals surface area contributed by atoms with Crippen LogP contribution in [0.3, 0.4) is 0 Å². The fourth-order valence-electron chi connectivity index (χ4n) is 3.53. The van der Waals surface area contributed by atoms with Crippen LogP contribution in [0.15, 0.2) is 29.4 Å². The zero-order valence-corrected chi connectivity index (χ0v) is 15.6. The van der Waals surface area contributed by atoms with E-state index in [-0.39, 0.29) is 0 Å². The van der Waals surface area contributed by atoms with E-state index in [0.717, 1.165) is 36.9 Å². The standard InChI is InChI=1S/C19H30N6/c1-4-20-19(22-13-17-9-7-11-24(17)5-2)21-12-16-14-25-15(3)8-6-10-18(25)23-16/h6,8,10,14,17H,4-5,7,9,11-13H2,1-3H3,(H2,20,21,22). The summed E-state index contributed by atoms with van der Waals surface area (Å²) in [4.78, 5) is 11.9. The summed E-state index contributed by atoms with van der Waals surface area (Å²) in [6, 6.07) is 6.78. The number of guanidine groups is 1. The third-order valence-electron chi connectivity index (χ3n) is 4.90. The van der Waals surface area contributed by atoms with Crippen LogP contribution in [0.4, 0.5) is 0 Å². The number of pyridine rings is 1. The molecule has 136 valence electrons. The number of aryl methyl sites for hydroxylation is 1.